The standard InChI is InChI=1S/C15H11FO2/c16-11-5-6-15-13(7-11)14(8-17)12-4-2-1-3-10(12)9-18-15/h1-8,14H,9H2. The van der Waals surface area contributed by atoms with Crippen LogP contribution in [0.5, 0.6) is 5.75 Å². The van der Waals surface area contributed by atoms with E-state index in [-0.39, 0.29) is 5.82 Å². The summed E-state index contributed by atoms with van der Waals surface area (Å²) in [5.41, 5.74) is 2.44. The van der Waals surface area contributed by atoms with Gasteiger partial charge in [0, 0.05) is 5.56 Å². The van der Waals surface area contributed by atoms with Crippen LogP contribution < -0.4 is 4.74 Å². The van der Waals surface area contributed by atoms with Crippen molar-refractivity contribution in [3.63, 3.8) is 0 Å². The van der Waals surface area contributed by atoms with Gasteiger partial charge in [0.1, 0.15) is 24.5 Å². The number of halogens is 1. The minimum atomic E-state index is -0.464. The molecule has 0 saturated carbocycles. The number of ether oxygens (including phenoxy) is 1. The van der Waals surface area contributed by atoms with Gasteiger partial charge in [0.2, 0.25) is 0 Å². The van der Waals surface area contributed by atoms with E-state index in [2.05, 4.69) is 0 Å². The van der Waals surface area contributed by atoms with E-state index in [1.807, 2.05) is 24.3 Å². The van der Waals surface area contributed by atoms with Crippen LogP contribution in [0.4, 0.5) is 4.39 Å². The Bertz CT molecular complexity index is 607. The lowest BCUT2D eigenvalue weighted by Gasteiger charge is -2.12. The molecule has 0 N–H and O–H groups in total. The first-order valence-electron chi connectivity index (χ1n) is 5.75. The van der Waals surface area contributed by atoms with Crippen LogP contribution in [-0.2, 0) is 11.4 Å². The SMILES string of the molecule is O=CC1c2ccccc2COc2ccc(F)cc21. The molecule has 0 amide bonds. The molecule has 1 unspecified atom stereocenters. The minimum Gasteiger partial charge on any atom is -0.489 e. The Hall–Kier alpha value is -2.16. The number of rotatable bonds is 1. The van der Waals surface area contributed by atoms with E-state index >= 15 is 0 Å². The third-order valence-electron chi connectivity index (χ3n) is 3.22. The topological polar surface area (TPSA) is 26.3 Å². The molecule has 0 aromatic heterocycles. The van der Waals surface area contributed by atoms with Gasteiger partial charge in [0.15, 0.2) is 0 Å². The van der Waals surface area contributed by atoms with Gasteiger partial charge in [0.05, 0.1) is 5.92 Å². The summed E-state index contributed by atoms with van der Waals surface area (Å²) in [5.74, 6) is -0.248. The van der Waals surface area contributed by atoms with Crippen molar-refractivity contribution in [1.82, 2.24) is 0 Å². The largest absolute Gasteiger partial charge is 0.489 e. The first-order chi connectivity index (χ1) is 8.79. The van der Waals surface area contributed by atoms with Gasteiger partial charge in [-0.3, -0.25) is 0 Å². The highest BCUT2D eigenvalue weighted by molar-refractivity contribution is 5.71. The van der Waals surface area contributed by atoms with Crippen molar-refractivity contribution in [3.05, 3.63) is 65.0 Å². The molecule has 1 atom stereocenters. The van der Waals surface area contributed by atoms with Crippen molar-refractivity contribution in [2.45, 2.75) is 12.5 Å². The second-order valence-electron chi connectivity index (χ2n) is 4.28. The van der Waals surface area contributed by atoms with Crippen LogP contribution in [0.25, 0.3) is 0 Å². The molecule has 1 aliphatic rings. The van der Waals surface area contributed by atoms with Crippen LogP contribution in [0, 0.1) is 5.82 Å². The molecule has 0 fully saturated rings. The predicted octanol–water partition coefficient (Wildman–Crippen LogP) is 3.05. The maximum Gasteiger partial charge on any atom is 0.132 e. The van der Waals surface area contributed by atoms with Gasteiger partial charge in [0.25, 0.3) is 0 Å². The zero-order valence-corrected chi connectivity index (χ0v) is 9.60. The van der Waals surface area contributed by atoms with Crippen molar-refractivity contribution < 1.29 is 13.9 Å². The third-order valence-corrected chi connectivity index (χ3v) is 3.22. The van der Waals surface area contributed by atoms with Gasteiger partial charge in [-0.05, 0) is 29.3 Å². The van der Waals surface area contributed by atoms with E-state index in [0.717, 1.165) is 17.4 Å². The van der Waals surface area contributed by atoms with Crippen molar-refractivity contribution in [3.8, 4) is 5.75 Å². The lowest BCUT2D eigenvalue weighted by molar-refractivity contribution is -0.108. The first kappa shape index (κ1) is 11.0. The number of hydrogen-bond acceptors (Lipinski definition) is 2. The number of aldehydes is 1. The second-order valence-corrected chi connectivity index (χ2v) is 4.28. The minimum absolute atomic E-state index is 0.358. The number of carbonyl (C=O) groups excluding carboxylic acids is 1. The summed E-state index contributed by atoms with van der Waals surface area (Å²) in [6.45, 7) is 0.402. The average molecular weight is 242 g/mol. The van der Waals surface area contributed by atoms with Crippen LogP contribution in [0.15, 0.2) is 42.5 Å². The molecule has 3 rings (SSSR count). The molecule has 1 heterocycles. The Kier molecular flexibility index (Phi) is 2.59. The Morgan fingerprint density at radius 1 is 1.17 bits per heavy atom. The molecule has 2 nitrogen and oxygen atoms in total. The molecular weight excluding hydrogens is 231 g/mol. The zero-order valence-electron chi connectivity index (χ0n) is 9.60. The van der Waals surface area contributed by atoms with Gasteiger partial charge in [-0.1, -0.05) is 24.3 Å². The predicted molar refractivity (Wildman–Crippen MR) is 65.1 cm³/mol. The summed E-state index contributed by atoms with van der Waals surface area (Å²) >= 11 is 0. The van der Waals surface area contributed by atoms with Gasteiger partial charge < -0.3 is 9.53 Å². The summed E-state index contributed by atoms with van der Waals surface area (Å²) in [5, 5.41) is 0. The Morgan fingerprint density at radius 3 is 2.83 bits per heavy atom. The second kappa shape index (κ2) is 4.26. The quantitative estimate of drug-likeness (QED) is 0.718. The highest BCUT2D eigenvalue weighted by Crippen LogP contribution is 2.36. The summed E-state index contributed by atoms with van der Waals surface area (Å²) < 4.78 is 19.0. The van der Waals surface area contributed by atoms with Crippen LogP contribution in [0.3, 0.4) is 0 Å². The molecule has 0 saturated heterocycles. The third kappa shape index (κ3) is 1.68. The summed E-state index contributed by atoms with van der Waals surface area (Å²) in [6.07, 6.45) is 0.839. The Labute approximate surface area is 104 Å². The molecule has 2 aromatic rings. The fourth-order valence-corrected chi connectivity index (χ4v) is 2.33. The average Bonchev–Trinajstić information content (AvgIpc) is 2.54. The van der Waals surface area contributed by atoms with E-state index in [9.17, 15) is 9.18 Å². The van der Waals surface area contributed by atoms with E-state index in [4.69, 9.17) is 4.74 Å². The molecule has 3 heteroatoms. The number of hydrogen-bond donors (Lipinski definition) is 0. The van der Waals surface area contributed by atoms with E-state index in [0.29, 0.717) is 17.9 Å². The van der Waals surface area contributed by atoms with Crippen LogP contribution >= 0.6 is 0 Å². The summed E-state index contributed by atoms with van der Waals surface area (Å²) in [7, 11) is 0. The maximum absolute atomic E-state index is 13.3. The van der Waals surface area contributed by atoms with Gasteiger partial charge in [-0.25, -0.2) is 4.39 Å². The lowest BCUT2D eigenvalue weighted by atomic mass is 9.90. The van der Waals surface area contributed by atoms with Crippen molar-refractivity contribution in [2.24, 2.45) is 0 Å². The van der Waals surface area contributed by atoms with Crippen molar-refractivity contribution in [1.29, 1.82) is 0 Å². The first-order valence-corrected chi connectivity index (χ1v) is 5.75. The number of carbonyl (C=O) groups is 1. The van der Waals surface area contributed by atoms with Crippen molar-refractivity contribution in [2.75, 3.05) is 0 Å². The van der Waals surface area contributed by atoms with E-state index in [1.165, 1.54) is 12.1 Å². The summed E-state index contributed by atoms with van der Waals surface area (Å²) in [4.78, 5) is 11.4. The van der Waals surface area contributed by atoms with Gasteiger partial charge in [-0.15, -0.1) is 0 Å². The van der Waals surface area contributed by atoms with Gasteiger partial charge >= 0.3 is 0 Å². The maximum atomic E-state index is 13.3. The Balaban J connectivity index is 2.23. The molecule has 90 valence electrons. The molecular formula is C15H11FO2. The fraction of sp³-hybridized carbons (Fsp3) is 0.133. The van der Waals surface area contributed by atoms with E-state index in [1.54, 1.807) is 6.07 Å². The lowest BCUT2D eigenvalue weighted by Crippen LogP contribution is -2.03. The molecule has 0 spiro atoms. The summed E-state index contributed by atoms with van der Waals surface area (Å²) in [6, 6.07) is 11.9. The van der Waals surface area contributed by atoms with E-state index < -0.39 is 5.92 Å². The smallest absolute Gasteiger partial charge is 0.132 e. The number of benzene rings is 2. The molecule has 1 aliphatic heterocycles. The number of fused-ring (bicyclic) bond motifs is 2. The van der Waals surface area contributed by atoms with Gasteiger partial charge in [-0.2, -0.15) is 0 Å². The molecule has 0 aliphatic carbocycles. The fourth-order valence-electron chi connectivity index (χ4n) is 2.33. The van der Waals surface area contributed by atoms with Crippen molar-refractivity contribution >= 4 is 6.29 Å². The van der Waals surface area contributed by atoms with Crippen LogP contribution in [-0.4, -0.2) is 6.29 Å². The zero-order chi connectivity index (χ0) is 12.5. The van der Waals surface area contributed by atoms with Crippen LogP contribution in [0.1, 0.15) is 22.6 Å². The normalized spacial score (nSPS) is 17.1. The monoisotopic (exact) mass is 242 g/mol. The highest BCUT2D eigenvalue weighted by Gasteiger charge is 2.24. The molecule has 0 radical (unpaired) electrons. The highest BCUT2D eigenvalue weighted by atomic mass is 19.1. The Morgan fingerprint density at radius 2 is 2.00 bits per heavy atom. The molecule has 0 bridgehead atoms. The molecule has 18 heavy (non-hydrogen) atoms. The van der Waals surface area contributed by atoms with Crippen LogP contribution in [0.2, 0.25) is 0 Å². The molecule has 2 aromatic carbocycles.